The molecule has 1 aliphatic rings. The molecule has 1 saturated carbocycles. The van der Waals surface area contributed by atoms with Gasteiger partial charge in [0.15, 0.2) is 5.13 Å². The van der Waals surface area contributed by atoms with E-state index in [0.29, 0.717) is 6.04 Å². The van der Waals surface area contributed by atoms with Crippen molar-refractivity contribution in [1.29, 1.82) is 0 Å². The smallest absolute Gasteiger partial charge is 0.184 e. The average Bonchev–Trinajstić information content (AvgIpc) is 2.67. The number of fused-ring (bicyclic) bond motifs is 1. The molecular weight excluding hydrogens is 244 g/mol. The van der Waals surface area contributed by atoms with Gasteiger partial charge in [-0.25, -0.2) is 4.98 Å². The molecule has 1 atom stereocenters. The molecule has 0 radical (unpaired) electrons. The number of thiazole rings is 1. The number of nitrogens with one attached hydrogen (secondary N) is 1. The Hall–Kier alpha value is -1.29. The van der Waals surface area contributed by atoms with Gasteiger partial charge in [0.2, 0.25) is 0 Å². The van der Waals surface area contributed by atoms with Gasteiger partial charge in [0, 0.05) is 6.04 Å². The van der Waals surface area contributed by atoms with E-state index in [2.05, 4.69) is 17.2 Å². The summed E-state index contributed by atoms with van der Waals surface area (Å²) in [7, 11) is 1.69. The molecule has 0 bridgehead atoms. The number of ether oxygens (including phenoxy) is 1. The van der Waals surface area contributed by atoms with Gasteiger partial charge >= 0.3 is 0 Å². The van der Waals surface area contributed by atoms with Crippen LogP contribution < -0.4 is 10.1 Å². The second-order valence-corrected chi connectivity index (χ2v) is 6.01. The summed E-state index contributed by atoms with van der Waals surface area (Å²) in [6.45, 7) is 2.26. The summed E-state index contributed by atoms with van der Waals surface area (Å²) in [6.07, 6.45) is 4.09. The summed E-state index contributed by atoms with van der Waals surface area (Å²) >= 11 is 1.70. The number of rotatable bonds is 4. The van der Waals surface area contributed by atoms with Gasteiger partial charge in [-0.2, -0.15) is 0 Å². The Morgan fingerprint density at radius 1 is 1.44 bits per heavy atom. The van der Waals surface area contributed by atoms with E-state index in [0.717, 1.165) is 22.3 Å². The van der Waals surface area contributed by atoms with Crippen molar-refractivity contribution in [3.63, 3.8) is 0 Å². The van der Waals surface area contributed by atoms with E-state index in [1.807, 2.05) is 18.2 Å². The topological polar surface area (TPSA) is 34.1 Å². The lowest BCUT2D eigenvalue weighted by molar-refractivity contribution is 0.285. The molecule has 0 saturated heterocycles. The predicted molar refractivity (Wildman–Crippen MR) is 76.6 cm³/mol. The van der Waals surface area contributed by atoms with Crippen LogP contribution in [0.5, 0.6) is 5.75 Å². The van der Waals surface area contributed by atoms with E-state index in [1.165, 1.54) is 24.0 Å². The first-order valence-electron chi connectivity index (χ1n) is 6.47. The number of anilines is 1. The number of nitrogens with zero attached hydrogens (tertiary/aromatic N) is 1. The Morgan fingerprint density at radius 2 is 2.28 bits per heavy atom. The van der Waals surface area contributed by atoms with Crippen LogP contribution >= 0.6 is 11.3 Å². The molecule has 96 valence electrons. The lowest BCUT2D eigenvalue weighted by Gasteiger charge is -2.31. The van der Waals surface area contributed by atoms with Crippen LogP contribution in [0.3, 0.4) is 0 Å². The molecule has 1 aromatic carbocycles. The van der Waals surface area contributed by atoms with Gasteiger partial charge in [-0.3, -0.25) is 0 Å². The lowest BCUT2D eigenvalue weighted by Crippen LogP contribution is -2.30. The average molecular weight is 262 g/mol. The maximum atomic E-state index is 5.24. The first-order valence-corrected chi connectivity index (χ1v) is 7.29. The highest BCUT2D eigenvalue weighted by Gasteiger charge is 2.24. The lowest BCUT2D eigenvalue weighted by atomic mass is 9.80. The zero-order chi connectivity index (χ0) is 12.5. The minimum atomic E-state index is 0.529. The summed E-state index contributed by atoms with van der Waals surface area (Å²) in [5.74, 6) is 1.72. The highest BCUT2D eigenvalue weighted by Crippen LogP contribution is 2.33. The zero-order valence-electron chi connectivity index (χ0n) is 10.8. The van der Waals surface area contributed by atoms with Crippen molar-refractivity contribution in [1.82, 2.24) is 4.98 Å². The second-order valence-electron chi connectivity index (χ2n) is 4.98. The standard InChI is InChI=1S/C14H18N2OS/c1-9(10-4-3-5-10)15-14-16-12-7-6-11(17-2)8-13(12)18-14/h6-10H,3-5H2,1-2H3,(H,15,16). The van der Waals surface area contributed by atoms with Crippen LogP contribution in [0.25, 0.3) is 10.2 Å². The largest absolute Gasteiger partial charge is 0.497 e. The molecule has 0 amide bonds. The maximum absolute atomic E-state index is 5.24. The van der Waals surface area contributed by atoms with Crippen molar-refractivity contribution >= 4 is 26.7 Å². The molecule has 1 N–H and O–H groups in total. The van der Waals surface area contributed by atoms with Gasteiger partial charge < -0.3 is 10.1 Å². The summed E-state index contributed by atoms with van der Waals surface area (Å²) in [5.41, 5.74) is 1.05. The fourth-order valence-electron chi connectivity index (χ4n) is 2.35. The Bertz CT molecular complexity index is 548. The van der Waals surface area contributed by atoms with Crippen molar-refractivity contribution in [3.8, 4) is 5.75 Å². The van der Waals surface area contributed by atoms with Gasteiger partial charge in [0.25, 0.3) is 0 Å². The van der Waals surface area contributed by atoms with E-state index < -0.39 is 0 Å². The number of hydrogen-bond acceptors (Lipinski definition) is 4. The number of aromatic nitrogens is 1. The van der Waals surface area contributed by atoms with E-state index in [9.17, 15) is 0 Å². The van der Waals surface area contributed by atoms with Crippen LogP contribution in [0.15, 0.2) is 18.2 Å². The minimum absolute atomic E-state index is 0.529. The van der Waals surface area contributed by atoms with Crippen molar-refractivity contribution in [2.24, 2.45) is 5.92 Å². The maximum Gasteiger partial charge on any atom is 0.184 e. The molecule has 1 unspecified atom stereocenters. The summed E-state index contributed by atoms with van der Waals surface area (Å²) in [4.78, 5) is 4.62. The molecule has 1 aromatic heterocycles. The van der Waals surface area contributed by atoms with Gasteiger partial charge in [-0.1, -0.05) is 17.8 Å². The normalized spacial score (nSPS) is 17.4. The molecule has 4 heteroatoms. The Balaban J connectivity index is 1.79. The molecule has 3 nitrogen and oxygen atoms in total. The molecule has 0 aliphatic heterocycles. The van der Waals surface area contributed by atoms with Gasteiger partial charge in [-0.05, 0) is 43.9 Å². The van der Waals surface area contributed by atoms with E-state index >= 15 is 0 Å². The number of methoxy groups -OCH3 is 1. The third-order valence-electron chi connectivity index (χ3n) is 3.80. The Labute approximate surface area is 111 Å². The van der Waals surface area contributed by atoms with Crippen LogP contribution in [0.2, 0.25) is 0 Å². The monoisotopic (exact) mass is 262 g/mol. The van der Waals surface area contributed by atoms with Crippen LogP contribution in [0.4, 0.5) is 5.13 Å². The fraction of sp³-hybridized carbons (Fsp3) is 0.500. The zero-order valence-corrected chi connectivity index (χ0v) is 11.6. The van der Waals surface area contributed by atoms with Gasteiger partial charge in [0.05, 0.1) is 17.3 Å². The quantitative estimate of drug-likeness (QED) is 0.907. The van der Waals surface area contributed by atoms with Gasteiger partial charge in [0.1, 0.15) is 5.75 Å². The molecular formula is C14H18N2OS. The van der Waals surface area contributed by atoms with Crippen LogP contribution in [-0.2, 0) is 0 Å². The summed E-state index contributed by atoms with van der Waals surface area (Å²) < 4.78 is 6.41. The fourth-order valence-corrected chi connectivity index (χ4v) is 3.34. The first-order chi connectivity index (χ1) is 8.76. The molecule has 2 aromatic rings. The molecule has 1 aliphatic carbocycles. The summed E-state index contributed by atoms with van der Waals surface area (Å²) in [5, 5.41) is 4.56. The molecule has 1 fully saturated rings. The van der Waals surface area contributed by atoms with Crippen molar-refractivity contribution < 1.29 is 4.74 Å². The number of benzene rings is 1. The van der Waals surface area contributed by atoms with Crippen molar-refractivity contribution in [2.45, 2.75) is 32.2 Å². The van der Waals surface area contributed by atoms with Gasteiger partial charge in [-0.15, -0.1) is 0 Å². The Kier molecular flexibility index (Phi) is 3.12. The van der Waals surface area contributed by atoms with Crippen LogP contribution in [-0.4, -0.2) is 18.1 Å². The van der Waals surface area contributed by atoms with E-state index in [-0.39, 0.29) is 0 Å². The van der Waals surface area contributed by atoms with Crippen LogP contribution in [0.1, 0.15) is 26.2 Å². The first kappa shape index (κ1) is 11.8. The molecule has 1 heterocycles. The van der Waals surface area contributed by atoms with E-state index in [1.54, 1.807) is 18.4 Å². The highest BCUT2D eigenvalue weighted by atomic mass is 32.1. The van der Waals surface area contributed by atoms with E-state index in [4.69, 9.17) is 4.74 Å². The second kappa shape index (κ2) is 4.76. The highest BCUT2D eigenvalue weighted by molar-refractivity contribution is 7.22. The van der Waals surface area contributed by atoms with Crippen molar-refractivity contribution in [3.05, 3.63) is 18.2 Å². The minimum Gasteiger partial charge on any atom is -0.497 e. The third-order valence-corrected chi connectivity index (χ3v) is 4.75. The number of hydrogen-bond donors (Lipinski definition) is 1. The SMILES string of the molecule is COc1ccc2nc(NC(C)C3CCC3)sc2c1. The summed E-state index contributed by atoms with van der Waals surface area (Å²) in [6, 6.07) is 6.55. The Morgan fingerprint density at radius 3 is 2.94 bits per heavy atom. The molecule has 18 heavy (non-hydrogen) atoms. The predicted octanol–water partition coefficient (Wildman–Crippen LogP) is 3.91. The van der Waals surface area contributed by atoms with Crippen LogP contribution in [0, 0.1) is 5.92 Å². The molecule has 3 rings (SSSR count). The van der Waals surface area contributed by atoms with Crippen molar-refractivity contribution in [2.75, 3.05) is 12.4 Å². The molecule has 0 spiro atoms. The third kappa shape index (κ3) is 2.17.